The van der Waals surface area contributed by atoms with Crippen molar-refractivity contribution < 1.29 is 19.1 Å². The number of fused-ring (bicyclic) bond motifs is 3. The van der Waals surface area contributed by atoms with E-state index < -0.39 is 0 Å². The first-order chi connectivity index (χ1) is 19.4. The minimum atomic E-state index is -0.166. The highest BCUT2D eigenvalue weighted by molar-refractivity contribution is 5.97. The number of benzene rings is 2. The fourth-order valence-electron chi connectivity index (χ4n) is 6.53. The molecule has 2 fully saturated rings. The number of methoxy groups -OCH3 is 1. The Kier molecular flexibility index (Phi) is 7.09. The summed E-state index contributed by atoms with van der Waals surface area (Å²) in [6.07, 6.45) is 6.47. The van der Waals surface area contributed by atoms with Gasteiger partial charge in [0.25, 0.3) is 11.8 Å². The van der Waals surface area contributed by atoms with Crippen molar-refractivity contribution in [2.75, 3.05) is 18.6 Å². The van der Waals surface area contributed by atoms with Gasteiger partial charge in [0.05, 0.1) is 25.3 Å². The third-order valence-electron chi connectivity index (χ3n) is 8.63. The van der Waals surface area contributed by atoms with Gasteiger partial charge in [-0.3, -0.25) is 9.59 Å². The molecule has 3 aliphatic heterocycles. The number of hydrogen-bond donors (Lipinski definition) is 2. The van der Waals surface area contributed by atoms with Gasteiger partial charge in [-0.05, 0) is 81.0 Å². The third kappa shape index (κ3) is 4.98. The quantitative estimate of drug-likeness (QED) is 0.449. The lowest BCUT2D eigenvalue weighted by molar-refractivity contribution is 0.0922. The number of nitrogens with zero attached hydrogens (tertiary/aromatic N) is 2. The lowest BCUT2D eigenvalue weighted by Gasteiger charge is -2.40. The van der Waals surface area contributed by atoms with E-state index in [-0.39, 0.29) is 23.9 Å². The van der Waals surface area contributed by atoms with E-state index >= 15 is 0 Å². The molecule has 40 heavy (non-hydrogen) atoms. The zero-order valence-electron chi connectivity index (χ0n) is 23.3. The smallest absolute Gasteiger partial charge is 0.253 e. The second-order valence-corrected chi connectivity index (χ2v) is 11.1. The maximum Gasteiger partial charge on any atom is 0.253 e. The third-order valence-corrected chi connectivity index (χ3v) is 8.63. The van der Waals surface area contributed by atoms with Gasteiger partial charge in [-0.1, -0.05) is 18.2 Å². The SMILES string of the molecule is COc1cccc([C@H](C)NC(=O)c2ccc(N3[C@@H]4CC[C@H]3C[C@@H](NC(=O)c3ccc5c(c3C)OCC5)C4)nc2)c1. The van der Waals surface area contributed by atoms with E-state index in [9.17, 15) is 9.59 Å². The molecule has 6 rings (SSSR count). The van der Waals surface area contributed by atoms with Crippen molar-refractivity contribution >= 4 is 17.6 Å². The van der Waals surface area contributed by atoms with Crippen LogP contribution in [-0.4, -0.2) is 48.6 Å². The maximum atomic E-state index is 13.2. The van der Waals surface area contributed by atoms with Crippen molar-refractivity contribution in [2.24, 2.45) is 0 Å². The highest BCUT2D eigenvalue weighted by Gasteiger charge is 2.42. The zero-order valence-corrected chi connectivity index (χ0v) is 23.3. The van der Waals surface area contributed by atoms with E-state index in [1.807, 2.05) is 62.4 Å². The molecule has 3 aromatic rings. The monoisotopic (exact) mass is 540 g/mol. The van der Waals surface area contributed by atoms with Gasteiger partial charge in [0.2, 0.25) is 0 Å². The maximum absolute atomic E-state index is 13.2. The van der Waals surface area contributed by atoms with Gasteiger partial charge in [0.15, 0.2) is 0 Å². The second-order valence-electron chi connectivity index (χ2n) is 11.1. The Hall–Kier alpha value is -4.07. The number of carbonyl (C=O) groups excluding carboxylic acids is 2. The number of pyridine rings is 1. The number of anilines is 1. The van der Waals surface area contributed by atoms with E-state index in [1.54, 1.807) is 13.3 Å². The first kappa shape index (κ1) is 26.2. The van der Waals surface area contributed by atoms with E-state index in [4.69, 9.17) is 14.5 Å². The van der Waals surface area contributed by atoms with Gasteiger partial charge >= 0.3 is 0 Å². The molecule has 4 atom stereocenters. The zero-order chi connectivity index (χ0) is 27.8. The predicted molar refractivity (Wildman–Crippen MR) is 153 cm³/mol. The van der Waals surface area contributed by atoms with E-state index in [1.165, 1.54) is 5.56 Å². The van der Waals surface area contributed by atoms with E-state index in [2.05, 4.69) is 15.5 Å². The van der Waals surface area contributed by atoms with Crippen molar-refractivity contribution in [3.63, 3.8) is 0 Å². The molecule has 8 nitrogen and oxygen atoms in total. The van der Waals surface area contributed by atoms with Crippen LogP contribution in [0.4, 0.5) is 5.82 Å². The molecule has 2 N–H and O–H groups in total. The van der Waals surface area contributed by atoms with Gasteiger partial charge in [-0.15, -0.1) is 0 Å². The van der Waals surface area contributed by atoms with Crippen molar-refractivity contribution in [1.29, 1.82) is 0 Å². The minimum Gasteiger partial charge on any atom is -0.497 e. The lowest BCUT2D eigenvalue weighted by atomic mass is 9.96. The first-order valence-corrected chi connectivity index (χ1v) is 14.2. The Labute approximate surface area is 235 Å². The van der Waals surface area contributed by atoms with E-state index in [0.29, 0.717) is 29.8 Å². The average molecular weight is 541 g/mol. The summed E-state index contributed by atoms with van der Waals surface area (Å²) in [4.78, 5) is 33.2. The van der Waals surface area contributed by atoms with Crippen LogP contribution < -0.4 is 25.0 Å². The van der Waals surface area contributed by atoms with Crippen LogP contribution in [0.3, 0.4) is 0 Å². The highest BCUT2D eigenvalue weighted by Crippen LogP contribution is 2.39. The summed E-state index contributed by atoms with van der Waals surface area (Å²) in [6.45, 7) is 4.61. The number of ether oxygens (including phenoxy) is 2. The van der Waals surface area contributed by atoms with Gasteiger partial charge in [0, 0.05) is 41.9 Å². The second kappa shape index (κ2) is 10.8. The van der Waals surface area contributed by atoms with Crippen LogP contribution in [0.15, 0.2) is 54.7 Å². The van der Waals surface area contributed by atoms with Gasteiger partial charge in [-0.2, -0.15) is 0 Å². The molecule has 3 aliphatic rings. The summed E-state index contributed by atoms with van der Waals surface area (Å²) in [5.74, 6) is 2.34. The summed E-state index contributed by atoms with van der Waals surface area (Å²) in [5.41, 5.74) is 4.32. The molecule has 2 aromatic carbocycles. The Balaban J connectivity index is 1.08. The fourth-order valence-corrected chi connectivity index (χ4v) is 6.53. The van der Waals surface area contributed by atoms with Crippen LogP contribution >= 0.6 is 0 Å². The minimum absolute atomic E-state index is 0.0229. The van der Waals surface area contributed by atoms with Crippen LogP contribution in [0.1, 0.15) is 76.1 Å². The molecule has 0 aliphatic carbocycles. The number of carbonyl (C=O) groups is 2. The number of amides is 2. The molecule has 0 saturated carbocycles. The first-order valence-electron chi connectivity index (χ1n) is 14.2. The van der Waals surface area contributed by atoms with Crippen molar-refractivity contribution in [3.05, 3.63) is 82.5 Å². The van der Waals surface area contributed by atoms with Crippen molar-refractivity contribution in [2.45, 2.75) is 70.1 Å². The molecule has 0 unspecified atom stereocenters. The van der Waals surface area contributed by atoms with Gasteiger partial charge in [-0.25, -0.2) is 4.98 Å². The molecule has 0 spiro atoms. The Morgan fingerprint density at radius 3 is 2.60 bits per heavy atom. The highest BCUT2D eigenvalue weighted by atomic mass is 16.5. The molecule has 4 heterocycles. The van der Waals surface area contributed by atoms with Crippen molar-refractivity contribution in [1.82, 2.24) is 15.6 Å². The molecular weight excluding hydrogens is 504 g/mol. The lowest BCUT2D eigenvalue weighted by Crippen LogP contribution is -2.50. The van der Waals surface area contributed by atoms with Gasteiger partial charge in [0.1, 0.15) is 17.3 Å². The van der Waals surface area contributed by atoms with Crippen LogP contribution in [0.2, 0.25) is 0 Å². The fraction of sp³-hybridized carbons (Fsp3) is 0.406. The molecule has 8 heteroatoms. The predicted octanol–water partition coefficient (Wildman–Crippen LogP) is 4.75. The Bertz CT molecular complexity index is 1410. The molecular formula is C32H36N4O4. The topological polar surface area (TPSA) is 92.8 Å². The molecule has 2 amide bonds. The van der Waals surface area contributed by atoms with Gasteiger partial charge < -0.3 is 25.0 Å². The number of rotatable bonds is 7. The van der Waals surface area contributed by atoms with Crippen LogP contribution in [0.5, 0.6) is 11.5 Å². The molecule has 2 bridgehead atoms. The summed E-state index contributed by atoms with van der Waals surface area (Å²) in [6, 6.07) is 16.0. The molecule has 208 valence electrons. The van der Waals surface area contributed by atoms with E-state index in [0.717, 1.165) is 60.5 Å². The van der Waals surface area contributed by atoms with Crippen LogP contribution in [-0.2, 0) is 6.42 Å². The summed E-state index contributed by atoms with van der Waals surface area (Å²) in [5, 5.41) is 6.35. The Morgan fingerprint density at radius 1 is 1.07 bits per heavy atom. The number of nitrogens with one attached hydrogen (secondary N) is 2. The largest absolute Gasteiger partial charge is 0.497 e. The normalized spacial score (nSPS) is 21.8. The average Bonchev–Trinajstić information content (AvgIpc) is 3.56. The Morgan fingerprint density at radius 2 is 1.88 bits per heavy atom. The molecule has 2 saturated heterocycles. The summed E-state index contributed by atoms with van der Waals surface area (Å²) < 4.78 is 11.1. The number of aromatic nitrogens is 1. The molecule has 1 aromatic heterocycles. The number of piperidine rings is 1. The summed E-state index contributed by atoms with van der Waals surface area (Å²) in [7, 11) is 1.63. The summed E-state index contributed by atoms with van der Waals surface area (Å²) >= 11 is 0. The van der Waals surface area contributed by atoms with Crippen LogP contribution in [0, 0.1) is 6.92 Å². The molecule has 0 radical (unpaired) electrons. The van der Waals surface area contributed by atoms with Crippen molar-refractivity contribution in [3.8, 4) is 11.5 Å². The standard InChI is InChI=1S/C32H36N4O4/c1-19-28(11-7-21-13-14-40-30(19)21)32(38)35-24-16-25-9-10-26(17-24)36(25)29-12-8-23(18-33-29)31(37)34-20(2)22-5-4-6-27(15-22)39-3/h4-8,11-12,15,18,20,24-26H,9-10,13-14,16-17H2,1-3H3,(H,34,37)(H,35,38)/t20-,24-,25+,26-/m0/s1. The number of hydrogen-bond acceptors (Lipinski definition) is 6. The van der Waals surface area contributed by atoms with Crippen LogP contribution in [0.25, 0.3) is 0 Å².